The minimum absolute atomic E-state index is 0.0334. The predicted octanol–water partition coefficient (Wildman–Crippen LogP) is 13.1. The van der Waals surface area contributed by atoms with E-state index in [4.69, 9.17) is 19.7 Å². The summed E-state index contributed by atoms with van der Waals surface area (Å²) in [5, 5.41) is 3.71. The molecule has 1 aliphatic carbocycles. The zero-order chi connectivity index (χ0) is 37.5. The molecule has 0 radical (unpaired) electrons. The van der Waals surface area contributed by atoms with Gasteiger partial charge in [0.15, 0.2) is 17.5 Å². The number of hydrogen-bond acceptors (Lipinski definition) is 5. The monoisotopic (exact) mass is 748 g/mol. The van der Waals surface area contributed by atoms with Crippen LogP contribution in [0.3, 0.4) is 0 Å². The molecule has 3 aromatic heterocycles. The summed E-state index contributed by atoms with van der Waals surface area (Å²) in [5.41, 5.74) is 10.9. The summed E-state index contributed by atoms with van der Waals surface area (Å²) in [5.74, 6) is 2.75. The van der Waals surface area contributed by atoms with Crippen molar-refractivity contribution >= 4 is 48.5 Å². The van der Waals surface area contributed by atoms with Crippen molar-refractivity contribution in [3.05, 3.63) is 193 Å². The Morgan fingerprint density at radius 2 is 1.18 bits per heavy atom. The maximum absolute atomic E-state index is 7.02. The maximum Gasteiger partial charge on any atom is 0.164 e. The van der Waals surface area contributed by atoms with Gasteiger partial charge in [-0.05, 0) is 53.6 Å². The molecule has 10 aromatic rings. The molecule has 7 aromatic carbocycles. The van der Waals surface area contributed by atoms with E-state index < -0.39 is 0 Å². The van der Waals surface area contributed by atoms with Crippen LogP contribution in [0.2, 0.25) is 0 Å². The van der Waals surface area contributed by atoms with E-state index in [1.54, 1.807) is 11.3 Å². The first-order chi connectivity index (χ1) is 28.2. The summed E-state index contributed by atoms with van der Waals surface area (Å²) in [6.07, 6.45) is 4.39. The van der Waals surface area contributed by atoms with E-state index in [2.05, 4.69) is 168 Å². The number of nitrogens with zero attached hydrogens (tertiary/aromatic N) is 4. The number of ether oxygens (including phenoxy) is 1. The molecule has 4 heterocycles. The number of rotatable bonds is 5. The fraction of sp³-hybridized carbons (Fsp3) is 0.0392. The number of hydrogen-bond donors (Lipinski definition) is 0. The molecular weight excluding hydrogens is 717 g/mol. The average Bonchev–Trinajstić information content (AvgIpc) is 3.96. The minimum Gasteiger partial charge on any atom is -0.484 e. The Hall–Kier alpha value is -7.15. The van der Waals surface area contributed by atoms with Gasteiger partial charge in [0.2, 0.25) is 0 Å². The van der Waals surface area contributed by atoms with Crippen molar-refractivity contribution in [2.45, 2.75) is 12.0 Å². The Kier molecular flexibility index (Phi) is 7.16. The second-order valence-corrected chi connectivity index (χ2v) is 15.8. The Bertz CT molecular complexity index is 3240. The molecule has 2 atom stereocenters. The molecular formula is C51H32N4OS. The smallest absolute Gasteiger partial charge is 0.164 e. The first kappa shape index (κ1) is 32.1. The lowest BCUT2D eigenvalue weighted by Gasteiger charge is -2.23. The third kappa shape index (κ3) is 5.11. The van der Waals surface area contributed by atoms with Gasteiger partial charge in [-0.25, -0.2) is 15.0 Å². The van der Waals surface area contributed by atoms with Gasteiger partial charge in [0.05, 0.1) is 11.2 Å². The third-order valence-electron chi connectivity index (χ3n) is 11.4. The van der Waals surface area contributed by atoms with Crippen molar-refractivity contribution in [2.24, 2.45) is 0 Å². The van der Waals surface area contributed by atoms with Crippen LogP contribution in [0.1, 0.15) is 28.8 Å². The van der Waals surface area contributed by atoms with Gasteiger partial charge in [0, 0.05) is 65.0 Å². The van der Waals surface area contributed by atoms with Crippen LogP contribution in [0.5, 0.6) is 5.75 Å². The van der Waals surface area contributed by atoms with Gasteiger partial charge >= 0.3 is 0 Å². The molecule has 57 heavy (non-hydrogen) atoms. The van der Waals surface area contributed by atoms with E-state index in [9.17, 15) is 0 Å². The number of benzene rings is 7. The van der Waals surface area contributed by atoms with Crippen LogP contribution in [0, 0.1) is 0 Å². The maximum atomic E-state index is 7.02. The van der Waals surface area contributed by atoms with Gasteiger partial charge in [-0.15, -0.1) is 11.3 Å². The quantitative estimate of drug-likeness (QED) is 0.176. The SMILES string of the molecule is C1=CC2c3c(cccc3-c3nc(-c4ccccc4)nc(-c4ccc5c(c4)sc4ccccc45)n3)OC2c2c1n(-c1cccc(-c3ccccc3)c1)c1ccccc21. The summed E-state index contributed by atoms with van der Waals surface area (Å²) < 4.78 is 11.9. The molecule has 2 unspecified atom stereocenters. The van der Waals surface area contributed by atoms with Gasteiger partial charge in [0.1, 0.15) is 11.9 Å². The summed E-state index contributed by atoms with van der Waals surface area (Å²) in [4.78, 5) is 15.5. The van der Waals surface area contributed by atoms with Gasteiger partial charge in [-0.2, -0.15) is 0 Å². The molecule has 0 saturated heterocycles. The van der Waals surface area contributed by atoms with E-state index in [0.717, 1.165) is 44.9 Å². The van der Waals surface area contributed by atoms with E-state index in [1.807, 2.05) is 18.2 Å². The van der Waals surface area contributed by atoms with Crippen LogP contribution in [0.25, 0.3) is 88.1 Å². The van der Waals surface area contributed by atoms with E-state index in [-0.39, 0.29) is 12.0 Å². The second kappa shape index (κ2) is 12.7. The molecule has 0 fully saturated rings. The molecule has 1 aliphatic heterocycles. The Morgan fingerprint density at radius 3 is 2.04 bits per heavy atom. The lowest BCUT2D eigenvalue weighted by molar-refractivity contribution is 0.224. The van der Waals surface area contributed by atoms with Gasteiger partial charge in [0.25, 0.3) is 0 Å². The highest BCUT2D eigenvalue weighted by Gasteiger charge is 2.42. The molecule has 0 amide bonds. The normalized spacial score (nSPS) is 15.4. The first-order valence-electron chi connectivity index (χ1n) is 19.3. The third-order valence-corrected chi connectivity index (χ3v) is 12.6. The average molecular weight is 749 g/mol. The lowest BCUT2D eigenvalue weighted by Crippen LogP contribution is -2.14. The van der Waals surface area contributed by atoms with Crippen LogP contribution in [0.15, 0.2) is 176 Å². The number of thiophene rings is 1. The van der Waals surface area contributed by atoms with Crippen LogP contribution in [-0.4, -0.2) is 19.5 Å². The largest absolute Gasteiger partial charge is 0.484 e. The van der Waals surface area contributed by atoms with Gasteiger partial charge in [-0.1, -0.05) is 140 Å². The Labute approximate surface area is 332 Å². The van der Waals surface area contributed by atoms with E-state index >= 15 is 0 Å². The molecule has 0 spiro atoms. The number of aromatic nitrogens is 4. The molecule has 0 bridgehead atoms. The summed E-state index contributed by atoms with van der Waals surface area (Å²) in [7, 11) is 0. The van der Waals surface area contributed by atoms with Crippen LogP contribution in [-0.2, 0) is 0 Å². The first-order valence-corrected chi connectivity index (χ1v) is 20.1. The molecule has 5 nitrogen and oxygen atoms in total. The van der Waals surface area contributed by atoms with Crippen molar-refractivity contribution in [1.82, 2.24) is 19.5 Å². The van der Waals surface area contributed by atoms with Crippen LogP contribution >= 0.6 is 11.3 Å². The van der Waals surface area contributed by atoms with Gasteiger partial charge in [-0.3, -0.25) is 0 Å². The Balaban J connectivity index is 0.999. The zero-order valence-electron chi connectivity index (χ0n) is 30.6. The topological polar surface area (TPSA) is 52.8 Å². The van der Waals surface area contributed by atoms with Crippen molar-refractivity contribution in [1.29, 1.82) is 0 Å². The molecule has 2 aliphatic rings. The van der Waals surface area contributed by atoms with E-state index in [0.29, 0.717) is 17.5 Å². The van der Waals surface area contributed by atoms with Crippen LogP contribution < -0.4 is 4.74 Å². The summed E-state index contributed by atoms with van der Waals surface area (Å²) in [6, 6.07) is 59.7. The highest BCUT2D eigenvalue weighted by Crippen LogP contribution is 2.55. The molecule has 0 N–H and O–H groups in total. The molecule has 12 rings (SSSR count). The highest BCUT2D eigenvalue weighted by molar-refractivity contribution is 7.25. The predicted molar refractivity (Wildman–Crippen MR) is 233 cm³/mol. The number of para-hydroxylation sites is 1. The highest BCUT2D eigenvalue weighted by atomic mass is 32.1. The lowest BCUT2D eigenvalue weighted by atomic mass is 9.83. The van der Waals surface area contributed by atoms with E-state index in [1.165, 1.54) is 42.2 Å². The fourth-order valence-corrected chi connectivity index (χ4v) is 10.0. The standard InChI is InChI=1S/C51H32N4OS/c1-3-13-31(14-4-1)33-17-11-18-35(29-33)55-41-22-9-7-20-38(41)47-42(55)28-27-39-46-40(21-12-23-43(46)56-48(39)47)51-53-49(32-15-5-2-6-16-32)52-50(54-51)34-25-26-37-36-19-8-10-24-44(36)57-45(37)30-34/h1-30,39,48H. The fourth-order valence-electron chi connectivity index (χ4n) is 8.87. The molecule has 6 heteroatoms. The molecule has 0 saturated carbocycles. The van der Waals surface area contributed by atoms with Crippen molar-refractivity contribution in [3.63, 3.8) is 0 Å². The summed E-state index contributed by atoms with van der Waals surface area (Å²) in [6.45, 7) is 0. The van der Waals surface area contributed by atoms with Crippen molar-refractivity contribution in [2.75, 3.05) is 0 Å². The van der Waals surface area contributed by atoms with Gasteiger partial charge < -0.3 is 9.30 Å². The van der Waals surface area contributed by atoms with Crippen molar-refractivity contribution < 1.29 is 4.74 Å². The van der Waals surface area contributed by atoms with Crippen LogP contribution in [0.4, 0.5) is 0 Å². The Morgan fingerprint density at radius 1 is 0.491 bits per heavy atom. The number of fused-ring (bicyclic) bond motifs is 10. The second-order valence-electron chi connectivity index (χ2n) is 14.7. The van der Waals surface area contributed by atoms with Crippen molar-refractivity contribution in [3.8, 4) is 56.7 Å². The minimum atomic E-state index is -0.213. The molecule has 268 valence electrons. The zero-order valence-corrected chi connectivity index (χ0v) is 31.4. The summed E-state index contributed by atoms with van der Waals surface area (Å²) >= 11 is 1.80.